The molecule has 1 aromatic carbocycles. The molecule has 0 saturated carbocycles. The van der Waals surface area contributed by atoms with Gasteiger partial charge in [-0.15, -0.1) is 0 Å². The van der Waals surface area contributed by atoms with Gasteiger partial charge in [-0.25, -0.2) is 14.6 Å². The van der Waals surface area contributed by atoms with E-state index < -0.39 is 5.97 Å². The van der Waals surface area contributed by atoms with Gasteiger partial charge in [-0.2, -0.15) is 0 Å². The zero-order valence-electron chi connectivity index (χ0n) is 14.6. The first kappa shape index (κ1) is 18.3. The summed E-state index contributed by atoms with van der Waals surface area (Å²) >= 11 is 0. The van der Waals surface area contributed by atoms with Crippen molar-refractivity contribution in [3.05, 3.63) is 42.1 Å². The number of carbonyl (C=O) groups excluding carboxylic acids is 2. The fraction of sp³-hybridized carbons (Fsp3) is 0.353. The van der Waals surface area contributed by atoms with Crippen LogP contribution in [0.1, 0.15) is 30.2 Å². The summed E-state index contributed by atoms with van der Waals surface area (Å²) in [6.45, 7) is 3.86. The monoisotopic (exact) mass is 347 g/mol. The van der Waals surface area contributed by atoms with Crippen molar-refractivity contribution in [1.82, 2.24) is 9.88 Å². The van der Waals surface area contributed by atoms with Crippen LogP contribution < -0.4 is 10.1 Å². The van der Waals surface area contributed by atoms with Crippen molar-refractivity contribution in [3.8, 4) is 5.75 Å². The van der Waals surface area contributed by atoms with Gasteiger partial charge in [0.2, 0.25) is 5.89 Å². The van der Waals surface area contributed by atoms with Gasteiger partial charge in [0.25, 0.3) is 0 Å². The number of benzene rings is 1. The largest absolute Gasteiger partial charge is 0.497 e. The first-order chi connectivity index (χ1) is 11.9. The highest BCUT2D eigenvalue weighted by Gasteiger charge is 2.21. The molecule has 0 spiro atoms. The topological polar surface area (TPSA) is 93.9 Å². The summed E-state index contributed by atoms with van der Waals surface area (Å²) in [7, 11) is 2.82. The highest BCUT2D eigenvalue weighted by atomic mass is 16.5. The number of carbonyl (C=O) groups is 2. The number of urea groups is 1. The van der Waals surface area contributed by atoms with E-state index in [1.54, 1.807) is 31.4 Å². The number of esters is 1. The predicted octanol–water partition coefficient (Wildman–Crippen LogP) is 2.91. The molecule has 0 atom stereocenters. The molecule has 0 aliphatic rings. The van der Waals surface area contributed by atoms with Crippen LogP contribution in [0.4, 0.5) is 10.5 Å². The summed E-state index contributed by atoms with van der Waals surface area (Å²) in [5.41, 5.74) is 0.673. The summed E-state index contributed by atoms with van der Waals surface area (Å²) in [4.78, 5) is 29.6. The van der Waals surface area contributed by atoms with Crippen LogP contribution in [-0.2, 0) is 11.3 Å². The molecule has 2 amide bonds. The van der Waals surface area contributed by atoms with Crippen LogP contribution in [0.25, 0.3) is 0 Å². The van der Waals surface area contributed by atoms with Crippen molar-refractivity contribution in [2.24, 2.45) is 0 Å². The highest BCUT2D eigenvalue weighted by molar-refractivity contribution is 5.89. The van der Waals surface area contributed by atoms with E-state index in [1.807, 2.05) is 13.8 Å². The Bertz CT molecular complexity index is 741. The molecule has 25 heavy (non-hydrogen) atoms. The summed E-state index contributed by atoms with van der Waals surface area (Å²) in [6.07, 6.45) is 1.21. The minimum absolute atomic E-state index is 0.0643. The lowest BCUT2D eigenvalue weighted by molar-refractivity contribution is 0.0594. The Morgan fingerprint density at radius 1 is 1.32 bits per heavy atom. The van der Waals surface area contributed by atoms with Gasteiger partial charge in [0.05, 0.1) is 20.8 Å². The number of amides is 2. The highest BCUT2D eigenvalue weighted by Crippen LogP contribution is 2.18. The number of rotatable bonds is 6. The first-order valence-electron chi connectivity index (χ1n) is 7.69. The third-order valence-electron chi connectivity index (χ3n) is 3.46. The zero-order valence-corrected chi connectivity index (χ0v) is 14.6. The Kier molecular flexibility index (Phi) is 5.99. The summed E-state index contributed by atoms with van der Waals surface area (Å²) in [6, 6.07) is 6.62. The Morgan fingerprint density at radius 2 is 2.08 bits per heavy atom. The molecule has 0 unspecified atom stereocenters. The van der Waals surface area contributed by atoms with Crippen LogP contribution in [-0.4, -0.2) is 42.1 Å². The molecule has 1 N–H and O–H groups in total. The second-order valence-electron chi connectivity index (χ2n) is 5.50. The van der Waals surface area contributed by atoms with Gasteiger partial charge in [0.1, 0.15) is 12.0 Å². The lowest BCUT2D eigenvalue weighted by atomic mass is 10.3. The number of oxazole rings is 1. The van der Waals surface area contributed by atoms with Crippen LogP contribution in [0, 0.1) is 0 Å². The number of hydrogen-bond acceptors (Lipinski definition) is 6. The van der Waals surface area contributed by atoms with Gasteiger partial charge >= 0.3 is 12.0 Å². The SMILES string of the molecule is COC(=O)c1coc(CN(C(=O)Nc2cccc(OC)c2)C(C)C)n1. The number of aromatic nitrogens is 1. The smallest absolute Gasteiger partial charge is 0.360 e. The maximum atomic E-state index is 12.6. The van der Waals surface area contributed by atoms with Gasteiger partial charge in [-0.1, -0.05) is 6.07 Å². The zero-order chi connectivity index (χ0) is 18.4. The average Bonchev–Trinajstić information content (AvgIpc) is 3.07. The molecule has 134 valence electrons. The summed E-state index contributed by atoms with van der Waals surface area (Å²) < 4.78 is 15.0. The molecule has 0 fully saturated rings. The van der Waals surface area contributed by atoms with Crippen molar-refractivity contribution >= 4 is 17.7 Å². The lowest BCUT2D eigenvalue weighted by Crippen LogP contribution is -2.39. The van der Waals surface area contributed by atoms with Crippen molar-refractivity contribution in [2.45, 2.75) is 26.4 Å². The molecule has 2 rings (SSSR count). The van der Waals surface area contributed by atoms with Gasteiger partial charge in [0.15, 0.2) is 5.69 Å². The van der Waals surface area contributed by atoms with Gasteiger partial charge in [-0.05, 0) is 26.0 Å². The van der Waals surface area contributed by atoms with E-state index in [0.29, 0.717) is 11.4 Å². The van der Waals surface area contributed by atoms with Gasteiger partial charge in [-0.3, -0.25) is 0 Å². The number of ether oxygens (including phenoxy) is 2. The van der Waals surface area contributed by atoms with E-state index in [2.05, 4.69) is 15.0 Å². The third kappa shape index (κ3) is 4.72. The lowest BCUT2D eigenvalue weighted by Gasteiger charge is -2.25. The van der Waals surface area contributed by atoms with Crippen molar-refractivity contribution in [1.29, 1.82) is 0 Å². The van der Waals surface area contributed by atoms with Crippen molar-refractivity contribution in [2.75, 3.05) is 19.5 Å². The molecule has 1 heterocycles. The third-order valence-corrected chi connectivity index (χ3v) is 3.46. The number of nitrogens with one attached hydrogen (secondary N) is 1. The molecular formula is C17H21N3O5. The van der Waals surface area contributed by atoms with Crippen LogP contribution in [0.15, 0.2) is 34.9 Å². The molecule has 8 nitrogen and oxygen atoms in total. The van der Waals surface area contributed by atoms with Crippen LogP contribution in [0.5, 0.6) is 5.75 Å². The van der Waals surface area contributed by atoms with E-state index in [-0.39, 0.29) is 30.2 Å². The second-order valence-corrected chi connectivity index (χ2v) is 5.50. The van der Waals surface area contributed by atoms with Crippen LogP contribution in [0.3, 0.4) is 0 Å². The fourth-order valence-electron chi connectivity index (χ4n) is 2.11. The molecule has 0 saturated heterocycles. The van der Waals surface area contributed by atoms with Gasteiger partial charge in [0, 0.05) is 17.8 Å². The Morgan fingerprint density at radius 3 is 2.72 bits per heavy atom. The average molecular weight is 347 g/mol. The maximum Gasteiger partial charge on any atom is 0.360 e. The minimum atomic E-state index is -0.591. The molecule has 0 bridgehead atoms. The van der Waals surface area contributed by atoms with Gasteiger partial charge < -0.3 is 24.1 Å². The van der Waals surface area contributed by atoms with E-state index in [4.69, 9.17) is 9.15 Å². The normalized spacial score (nSPS) is 10.4. The predicted molar refractivity (Wildman–Crippen MR) is 90.5 cm³/mol. The van der Waals surface area contributed by atoms with E-state index in [1.165, 1.54) is 18.3 Å². The molecule has 8 heteroatoms. The molecular weight excluding hydrogens is 326 g/mol. The van der Waals surface area contributed by atoms with E-state index >= 15 is 0 Å². The molecule has 0 aliphatic heterocycles. The van der Waals surface area contributed by atoms with E-state index in [0.717, 1.165) is 0 Å². The first-order valence-corrected chi connectivity index (χ1v) is 7.69. The number of hydrogen-bond donors (Lipinski definition) is 1. The molecule has 1 aromatic heterocycles. The summed E-state index contributed by atoms with van der Waals surface area (Å²) in [5.74, 6) is 0.297. The Hall–Kier alpha value is -3.03. The van der Waals surface area contributed by atoms with Crippen molar-refractivity contribution < 1.29 is 23.5 Å². The number of anilines is 1. The van der Waals surface area contributed by atoms with E-state index in [9.17, 15) is 9.59 Å². The molecule has 0 aliphatic carbocycles. The minimum Gasteiger partial charge on any atom is -0.497 e. The Balaban J connectivity index is 2.10. The van der Waals surface area contributed by atoms with Crippen LogP contribution in [0.2, 0.25) is 0 Å². The Labute approximate surface area is 145 Å². The molecule has 2 aromatic rings. The number of methoxy groups -OCH3 is 2. The number of nitrogens with zero attached hydrogens (tertiary/aromatic N) is 2. The summed E-state index contributed by atoms with van der Waals surface area (Å²) in [5, 5.41) is 2.80. The second kappa shape index (κ2) is 8.18. The molecule has 0 radical (unpaired) electrons. The van der Waals surface area contributed by atoms with Crippen LogP contribution >= 0.6 is 0 Å². The fourth-order valence-corrected chi connectivity index (χ4v) is 2.11. The quantitative estimate of drug-likeness (QED) is 0.808. The van der Waals surface area contributed by atoms with Crippen molar-refractivity contribution in [3.63, 3.8) is 0 Å². The maximum absolute atomic E-state index is 12.6. The standard InChI is InChI=1S/C17H21N3O5/c1-11(2)20(9-15-19-14(10-25-15)16(21)24-4)17(22)18-12-6-5-7-13(8-12)23-3/h5-8,10-11H,9H2,1-4H3,(H,18,22).